The number of amides is 3. The maximum absolute atomic E-state index is 12.8. The average Bonchev–Trinajstić information content (AvgIpc) is 2.61. The van der Waals surface area contributed by atoms with Gasteiger partial charge in [0.1, 0.15) is 0 Å². The van der Waals surface area contributed by atoms with Crippen LogP contribution in [0.25, 0.3) is 0 Å². The molecule has 0 bridgehead atoms. The van der Waals surface area contributed by atoms with Gasteiger partial charge in [-0.15, -0.1) is 0 Å². The molecule has 1 aromatic rings. The Balaban J connectivity index is 2.43. The molecule has 0 spiro atoms. The van der Waals surface area contributed by atoms with Crippen LogP contribution in [0.15, 0.2) is 35.5 Å². The topological polar surface area (TPSA) is 87.7 Å². The molecule has 3 amide bonds. The van der Waals surface area contributed by atoms with Crippen molar-refractivity contribution in [3.05, 3.63) is 41.1 Å². The van der Waals surface area contributed by atoms with Crippen LogP contribution in [0.1, 0.15) is 59.1 Å². The number of rotatable bonds is 7. The normalized spacial score (nSPS) is 16.9. The van der Waals surface area contributed by atoms with Gasteiger partial charge in [0.15, 0.2) is 0 Å². The summed E-state index contributed by atoms with van der Waals surface area (Å²) in [4.78, 5) is 38.7. The summed E-state index contributed by atoms with van der Waals surface area (Å²) in [6.45, 7) is 9.54. The molecular formula is C21H29N3O4. The molecule has 0 saturated heterocycles. The van der Waals surface area contributed by atoms with Gasteiger partial charge in [-0.2, -0.15) is 0 Å². The lowest BCUT2D eigenvalue weighted by atomic mass is 9.94. The highest BCUT2D eigenvalue weighted by atomic mass is 16.5. The first-order valence-corrected chi connectivity index (χ1v) is 9.68. The van der Waals surface area contributed by atoms with Crippen molar-refractivity contribution in [2.45, 2.75) is 59.6 Å². The second-order valence-electron chi connectivity index (χ2n) is 7.00. The van der Waals surface area contributed by atoms with Gasteiger partial charge in [0.05, 0.1) is 17.7 Å². The zero-order valence-electron chi connectivity index (χ0n) is 17.2. The quantitative estimate of drug-likeness (QED) is 0.698. The molecule has 1 atom stereocenters. The molecule has 0 aromatic heterocycles. The molecule has 7 heteroatoms. The van der Waals surface area contributed by atoms with E-state index >= 15 is 0 Å². The molecule has 152 valence electrons. The number of carbonyl (C=O) groups is 3. The maximum Gasteiger partial charge on any atom is 0.338 e. The lowest BCUT2D eigenvalue weighted by Crippen LogP contribution is -2.48. The van der Waals surface area contributed by atoms with E-state index in [1.165, 1.54) is 4.90 Å². The van der Waals surface area contributed by atoms with E-state index in [0.29, 0.717) is 35.5 Å². The minimum atomic E-state index is -0.649. The van der Waals surface area contributed by atoms with E-state index in [-0.39, 0.29) is 18.0 Å². The van der Waals surface area contributed by atoms with Gasteiger partial charge in [-0.05, 0) is 51.8 Å². The molecule has 0 aliphatic carbocycles. The highest BCUT2D eigenvalue weighted by Crippen LogP contribution is 2.32. The largest absolute Gasteiger partial charge is 0.459 e. The molecule has 7 nitrogen and oxygen atoms in total. The number of hydrogen-bond acceptors (Lipinski definition) is 4. The number of urea groups is 1. The third kappa shape index (κ3) is 4.91. The van der Waals surface area contributed by atoms with E-state index in [4.69, 9.17) is 4.74 Å². The zero-order chi connectivity index (χ0) is 20.8. The fourth-order valence-electron chi connectivity index (χ4n) is 3.20. The Kier molecular flexibility index (Phi) is 7.20. The summed E-state index contributed by atoms with van der Waals surface area (Å²) in [5.74, 6) is -0.535. The van der Waals surface area contributed by atoms with Gasteiger partial charge >= 0.3 is 12.0 Å². The highest BCUT2D eigenvalue weighted by Gasteiger charge is 2.36. The minimum absolute atomic E-state index is 0.0735. The lowest BCUT2D eigenvalue weighted by molar-refractivity contribution is -0.143. The summed E-state index contributed by atoms with van der Waals surface area (Å²) in [7, 11) is 0. The third-order valence-electron chi connectivity index (χ3n) is 4.46. The lowest BCUT2D eigenvalue weighted by Gasteiger charge is -2.35. The van der Waals surface area contributed by atoms with Crippen LogP contribution in [0.3, 0.4) is 0 Å². The predicted octanol–water partition coefficient (Wildman–Crippen LogP) is 3.74. The maximum atomic E-state index is 12.8. The molecule has 1 aliphatic heterocycles. The van der Waals surface area contributed by atoms with Crippen molar-refractivity contribution in [1.82, 2.24) is 10.2 Å². The molecule has 1 aromatic carbocycles. The van der Waals surface area contributed by atoms with E-state index in [2.05, 4.69) is 10.6 Å². The number of anilines is 1. The molecule has 0 saturated carbocycles. The molecule has 28 heavy (non-hydrogen) atoms. The van der Waals surface area contributed by atoms with Gasteiger partial charge in [0.25, 0.3) is 0 Å². The molecule has 1 unspecified atom stereocenters. The summed E-state index contributed by atoms with van der Waals surface area (Å²) < 4.78 is 5.42. The number of nitrogens with zero attached hydrogens (tertiary/aromatic N) is 1. The van der Waals surface area contributed by atoms with E-state index in [0.717, 1.165) is 6.42 Å². The number of hydrogen-bond donors (Lipinski definition) is 2. The van der Waals surface area contributed by atoms with Gasteiger partial charge < -0.3 is 15.4 Å². The zero-order valence-corrected chi connectivity index (χ0v) is 17.2. The van der Waals surface area contributed by atoms with Crippen LogP contribution in [-0.4, -0.2) is 35.5 Å². The van der Waals surface area contributed by atoms with Crippen LogP contribution in [-0.2, 0) is 14.3 Å². The molecule has 2 N–H and O–H groups in total. The van der Waals surface area contributed by atoms with E-state index in [1.54, 1.807) is 39.0 Å². The number of allylic oxidation sites excluding steroid dienone is 1. The van der Waals surface area contributed by atoms with Gasteiger partial charge in [0.2, 0.25) is 5.91 Å². The fraction of sp³-hybridized carbons (Fsp3) is 0.476. The number of nitrogens with one attached hydrogen (secondary N) is 2. The molecule has 0 fully saturated rings. The number of benzene rings is 1. The smallest absolute Gasteiger partial charge is 0.338 e. The van der Waals surface area contributed by atoms with Gasteiger partial charge in [0, 0.05) is 24.4 Å². The van der Waals surface area contributed by atoms with E-state index < -0.39 is 12.0 Å². The molecule has 2 rings (SSSR count). The van der Waals surface area contributed by atoms with Crippen molar-refractivity contribution in [3.8, 4) is 0 Å². The van der Waals surface area contributed by atoms with Crippen LogP contribution in [0.4, 0.5) is 10.5 Å². The Hall–Kier alpha value is -2.83. The number of carbonyl (C=O) groups excluding carboxylic acids is 3. The van der Waals surface area contributed by atoms with E-state index in [9.17, 15) is 14.4 Å². The summed E-state index contributed by atoms with van der Waals surface area (Å²) >= 11 is 0. The van der Waals surface area contributed by atoms with Crippen LogP contribution >= 0.6 is 0 Å². The first kappa shape index (κ1) is 21.5. The summed E-state index contributed by atoms with van der Waals surface area (Å²) in [6, 6.07) is 6.24. The summed E-state index contributed by atoms with van der Waals surface area (Å²) in [6.07, 6.45) is 0.909. The van der Waals surface area contributed by atoms with Crippen molar-refractivity contribution >= 4 is 23.6 Å². The van der Waals surface area contributed by atoms with Crippen LogP contribution in [0, 0.1) is 0 Å². The second-order valence-corrected chi connectivity index (χ2v) is 7.00. The summed E-state index contributed by atoms with van der Waals surface area (Å²) in [5.41, 5.74) is 2.29. The number of ether oxygens (including phenoxy) is 1. The fourth-order valence-corrected chi connectivity index (χ4v) is 3.20. The highest BCUT2D eigenvalue weighted by molar-refractivity contribution is 5.95. The van der Waals surface area contributed by atoms with Crippen molar-refractivity contribution in [2.75, 3.05) is 11.9 Å². The SMILES string of the molecule is CCCC(=O)Nc1cccc(C2NC(=O)N(CC)C(C)=C2C(=O)OC(C)C)c1. The van der Waals surface area contributed by atoms with Crippen molar-refractivity contribution in [3.63, 3.8) is 0 Å². The van der Waals surface area contributed by atoms with Crippen LogP contribution < -0.4 is 10.6 Å². The van der Waals surface area contributed by atoms with Gasteiger partial charge in [-0.1, -0.05) is 19.1 Å². The molecule has 1 heterocycles. The van der Waals surface area contributed by atoms with Crippen molar-refractivity contribution in [2.24, 2.45) is 0 Å². The monoisotopic (exact) mass is 387 g/mol. The Labute approximate surface area is 166 Å². The van der Waals surface area contributed by atoms with E-state index in [1.807, 2.05) is 19.9 Å². The number of esters is 1. The van der Waals surface area contributed by atoms with Crippen molar-refractivity contribution < 1.29 is 19.1 Å². The standard InChI is InChI=1S/C21H29N3O4/c1-6-9-17(25)22-16-11-8-10-15(12-16)19-18(20(26)28-13(3)4)14(5)24(7-2)21(27)23-19/h8,10-13,19H,6-7,9H2,1-5H3,(H,22,25)(H,23,27). The molecular weight excluding hydrogens is 358 g/mol. The Morgan fingerprint density at radius 3 is 2.61 bits per heavy atom. The first-order chi connectivity index (χ1) is 13.3. The Morgan fingerprint density at radius 2 is 2.00 bits per heavy atom. The minimum Gasteiger partial charge on any atom is -0.459 e. The first-order valence-electron chi connectivity index (χ1n) is 9.68. The second kappa shape index (κ2) is 9.39. The van der Waals surface area contributed by atoms with Gasteiger partial charge in [-0.3, -0.25) is 9.69 Å². The molecule has 1 aliphatic rings. The Morgan fingerprint density at radius 1 is 1.29 bits per heavy atom. The van der Waals surface area contributed by atoms with Crippen LogP contribution in [0.2, 0.25) is 0 Å². The Bertz CT molecular complexity index is 786. The van der Waals surface area contributed by atoms with Crippen LogP contribution in [0.5, 0.6) is 0 Å². The summed E-state index contributed by atoms with van der Waals surface area (Å²) in [5, 5.41) is 5.74. The van der Waals surface area contributed by atoms with Crippen molar-refractivity contribution in [1.29, 1.82) is 0 Å². The molecule has 0 radical (unpaired) electrons. The van der Waals surface area contributed by atoms with Gasteiger partial charge in [-0.25, -0.2) is 9.59 Å². The third-order valence-corrected chi connectivity index (χ3v) is 4.46. The average molecular weight is 387 g/mol. The predicted molar refractivity (Wildman–Crippen MR) is 108 cm³/mol.